The molecule has 2 aromatic rings. The maximum absolute atomic E-state index is 4.44. The Morgan fingerprint density at radius 2 is 2.06 bits per heavy atom. The first-order valence-electron chi connectivity index (χ1n) is 5.71. The number of benzene rings is 1. The summed E-state index contributed by atoms with van der Waals surface area (Å²) in [6.07, 6.45) is 1.00. The molecular formula is C13H15N3S. The molecule has 17 heavy (non-hydrogen) atoms. The molecule has 0 radical (unpaired) electrons. The van der Waals surface area contributed by atoms with E-state index in [9.17, 15) is 0 Å². The fraction of sp³-hybridized carbons (Fsp3) is 0.308. The minimum absolute atomic E-state index is 0.263. The van der Waals surface area contributed by atoms with Crippen LogP contribution in [0.25, 0.3) is 11.3 Å². The van der Waals surface area contributed by atoms with E-state index in [0.717, 1.165) is 22.8 Å². The number of hydrogen-bond donors (Lipinski definition) is 0. The highest BCUT2D eigenvalue weighted by Gasteiger charge is 2.03. The van der Waals surface area contributed by atoms with Crippen LogP contribution in [0.15, 0.2) is 45.9 Å². The van der Waals surface area contributed by atoms with Gasteiger partial charge in [0.2, 0.25) is 5.13 Å². The zero-order chi connectivity index (χ0) is 12.1. The molecule has 1 unspecified atom stereocenters. The van der Waals surface area contributed by atoms with Crippen molar-refractivity contribution >= 4 is 16.5 Å². The average Bonchev–Trinajstić information content (AvgIpc) is 2.86. The predicted molar refractivity (Wildman–Crippen MR) is 71.8 cm³/mol. The molecule has 0 fully saturated rings. The van der Waals surface area contributed by atoms with Crippen molar-refractivity contribution in [3.05, 3.63) is 35.7 Å². The number of azo groups is 1. The van der Waals surface area contributed by atoms with E-state index in [2.05, 4.69) is 29.1 Å². The van der Waals surface area contributed by atoms with E-state index in [-0.39, 0.29) is 6.04 Å². The van der Waals surface area contributed by atoms with Gasteiger partial charge in [-0.1, -0.05) is 37.3 Å². The maximum atomic E-state index is 4.44. The molecule has 0 spiro atoms. The van der Waals surface area contributed by atoms with Crippen LogP contribution >= 0.6 is 11.3 Å². The second kappa shape index (κ2) is 5.68. The lowest BCUT2D eigenvalue weighted by molar-refractivity contribution is 0.680. The summed E-state index contributed by atoms with van der Waals surface area (Å²) in [5.41, 5.74) is 2.09. The van der Waals surface area contributed by atoms with Gasteiger partial charge >= 0.3 is 0 Å². The van der Waals surface area contributed by atoms with Gasteiger partial charge in [-0.05, 0) is 13.3 Å². The maximum Gasteiger partial charge on any atom is 0.230 e. The van der Waals surface area contributed by atoms with Gasteiger partial charge in [-0.3, -0.25) is 0 Å². The normalized spacial score (nSPS) is 13.1. The zero-order valence-electron chi connectivity index (χ0n) is 10.00. The largest absolute Gasteiger partial charge is 0.230 e. The van der Waals surface area contributed by atoms with Gasteiger partial charge < -0.3 is 0 Å². The lowest BCUT2D eigenvalue weighted by Gasteiger charge is -1.96. The highest BCUT2D eigenvalue weighted by molar-refractivity contribution is 7.13. The Bertz CT molecular complexity index is 490. The van der Waals surface area contributed by atoms with Crippen molar-refractivity contribution in [1.82, 2.24) is 4.98 Å². The Hall–Kier alpha value is -1.55. The van der Waals surface area contributed by atoms with E-state index in [0.29, 0.717) is 0 Å². The second-order valence-electron chi connectivity index (χ2n) is 3.85. The SMILES string of the molecule is CCC(C)N=Nc1nc(-c2ccccc2)cs1. The molecule has 0 aliphatic rings. The van der Waals surface area contributed by atoms with Gasteiger partial charge in [0.1, 0.15) is 0 Å². The summed E-state index contributed by atoms with van der Waals surface area (Å²) in [6.45, 7) is 4.15. The van der Waals surface area contributed by atoms with Crippen LogP contribution in [-0.4, -0.2) is 11.0 Å². The summed E-state index contributed by atoms with van der Waals surface area (Å²) in [7, 11) is 0. The van der Waals surface area contributed by atoms with E-state index in [1.54, 1.807) is 0 Å². The first-order chi connectivity index (χ1) is 8.29. The first kappa shape index (κ1) is 11.9. The Morgan fingerprint density at radius 1 is 1.29 bits per heavy atom. The van der Waals surface area contributed by atoms with Crippen molar-refractivity contribution < 1.29 is 0 Å². The number of thiazole rings is 1. The van der Waals surface area contributed by atoms with Crippen LogP contribution in [-0.2, 0) is 0 Å². The molecule has 4 heteroatoms. The fourth-order valence-electron chi connectivity index (χ4n) is 1.28. The monoisotopic (exact) mass is 245 g/mol. The van der Waals surface area contributed by atoms with Crippen molar-refractivity contribution in [1.29, 1.82) is 0 Å². The van der Waals surface area contributed by atoms with E-state index < -0.39 is 0 Å². The molecule has 2 rings (SSSR count). The van der Waals surface area contributed by atoms with Crippen LogP contribution in [0, 0.1) is 0 Å². The highest BCUT2D eigenvalue weighted by Crippen LogP contribution is 2.26. The Kier molecular flexibility index (Phi) is 3.98. The number of nitrogens with zero attached hydrogens (tertiary/aromatic N) is 3. The molecule has 0 saturated heterocycles. The van der Waals surface area contributed by atoms with E-state index in [1.807, 2.05) is 35.7 Å². The van der Waals surface area contributed by atoms with Crippen LogP contribution in [0.4, 0.5) is 5.13 Å². The average molecular weight is 245 g/mol. The summed E-state index contributed by atoms with van der Waals surface area (Å²) < 4.78 is 0. The van der Waals surface area contributed by atoms with Gasteiger partial charge in [0, 0.05) is 10.9 Å². The van der Waals surface area contributed by atoms with Crippen molar-refractivity contribution in [3.8, 4) is 11.3 Å². The fourth-order valence-corrected chi connectivity index (χ4v) is 1.93. The predicted octanol–water partition coefficient (Wildman–Crippen LogP) is 4.69. The minimum Gasteiger partial charge on any atom is -0.217 e. The highest BCUT2D eigenvalue weighted by atomic mass is 32.1. The topological polar surface area (TPSA) is 37.6 Å². The van der Waals surface area contributed by atoms with Crippen LogP contribution in [0.2, 0.25) is 0 Å². The Balaban J connectivity index is 2.14. The minimum atomic E-state index is 0.263. The smallest absolute Gasteiger partial charge is 0.217 e. The van der Waals surface area contributed by atoms with Gasteiger partial charge in [0.15, 0.2) is 0 Å². The molecule has 1 atom stereocenters. The number of rotatable bonds is 4. The van der Waals surface area contributed by atoms with Crippen molar-refractivity contribution in [2.45, 2.75) is 26.3 Å². The van der Waals surface area contributed by atoms with Crippen molar-refractivity contribution in [3.63, 3.8) is 0 Å². The van der Waals surface area contributed by atoms with Gasteiger partial charge in [-0.25, -0.2) is 4.98 Å². The third-order valence-corrected chi connectivity index (χ3v) is 3.22. The molecule has 3 nitrogen and oxygen atoms in total. The molecule has 1 aromatic carbocycles. The lowest BCUT2D eigenvalue weighted by atomic mass is 10.2. The third-order valence-electron chi connectivity index (χ3n) is 2.49. The summed E-state index contributed by atoms with van der Waals surface area (Å²) in [5, 5.41) is 11.1. The van der Waals surface area contributed by atoms with Gasteiger partial charge in [-0.2, -0.15) is 5.11 Å². The van der Waals surface area contributed by atoms with Crippen LogP contribution < -0.4 is 0 Å². The van der Waals surface area contributed by atoms with E-state index >= 15 is 0 Å². The molecule has 0 bridgehead atoms. The molecule has 88 valence electrons. The Morgan fingerprint density at radius 3 is 2.76 bits per heavy atom. The van der Waals surface area contributed by atoms with Gasteiger partial charge in [-0.15, -0.1) is 16.5 Å². The first-order valence-corrected chi connectivity index (χ1v) is 6.59. The Labute approximate surface area is 105 Å². The number of aromatic nitrogens is 1. The standard InChI is InChI=1S/C13H15N3S/c1-3-10(2)15-16-13-14-12(9-17-13)11-7-5-4-6-8-11/h4-10H,3H2,1-2H3. The van der Waals surface area contributed by atoms with Crippen LogP contribution in [0.3, 0.4) is 0 Å². The van der Waals surface area contributed by atoms with Gasteiger partial charge in [0.05, 0.1) is 11.7 Å². The molecule has 0 saturated carbocycles. The van der Waals surface area contributed by atoms with E-state index in [4.69, 9.17) is 0 Å². The summed E-state index contributed by atoms with van der Waals surface area (Å²) in [5.74, 6) is 0. The van der Waals surface area contributed by atoms with E-state index in [1.165, 1.54) is 11.3 Å². The molecule has 1 aromatic heterocycles. The van der Waals surface area contributed by atoms with Crippen molar-refractivity contribution in [2.75, 3.05) is 0 Å². The van der Waals surface area contributed by atoms with Gasteiger partial charge in [0.25, 0.3) is 0 Å². The molecule has 0 aliphatic carbocycles. The molecular weight excluding hydrogens is 230 g/mol. The van der Waals surface area contributed by atoms with Crippen LogP contribution in [0.1, 0.15) is 20.3 Å². The number of hydrogen-bond acceptors (Lipinski definition) is 4. The molecule has 0 amide bonds. The lowest BCUT2D eigenvalue weighted by Crippen LogP contribution is -1.91. The molecule has 0 aliphatic heterocycles. The zero-order valence-corrected chi connectivity index (χ0v) is 10.8. The summed E-state index contributed by atoms with van der Waals surface area (Å²) in [6, 6.07) is 10.4. The van der Waals surface area contributed by atoms with Crippen LogP contribution in [0.5, 0.6) is 0 Å². The summed E-state index contributed by atoms with van der Waals surface area (Å²) >= 11 is 1.53. The van der Waals surface area contributed by atoms with Crippen molar-refractivity contribution in [2.24, 2.45) is 10.2 Å². The summed E-state index contributed by atoms with van der Waals surface area (Å²) in [4.78, 5) is 4.44. The quantitative estimate of drug-likeness (QED) is 0.720. The molecule has 1 heterocycles. The third kappa shape index (κ3) is 3.20. The molecule has 0 N–H and O–H groups in total. The second-order valence-corrected chi connectivity index (χ2v) is 4.69.